The topological polar surface area (TPSA) is 93.1 Å². The fraction of sp³-hybridized carbons (Fsp3) is 0.909. The number of aliphatic hydroxyl groups excluding tert-OH is 2. The van der Waals surface area contributed by atoms with Crippen molar-refractivity contribution in [1.82, 2.24) is 0 Å². The van der Waals surface area contributed by atoms with Gasteiger partial charge in [0.15, 0.2) is 12.2 Å². The molecule has 0 aromatic heterocycles. The molecule has 6 heteroatoms. The van der Waals surface area contributed by atoms with Gasteiger partial charge in [0.25, 0.3) is 0 Å². The number of carbonyl (C=O) groups excluding carboxylic acids is 2. The van der Waals surface area contributed by atoms with Gasteiger partial charge in [-0.15, -0.1) is 0 Å². The van der Waals surface area contributed by atoms with E-state index in [1.54, 1.807) is 13.8 Å². The van der Waals surface area contributed by atoms with E-state index in [0.717, 1.165) is 38.5 Å². The van der Waals surface area contributed by atoms with Crippen LogP contribution in [0.3, 0.4) is 0 Å². The molecule has 0 amide bonds. The first-order valence-electron chi connectivity index (χ1n) is 11.1. The molecule has 6 nitrogen and oxygen atoms in total. The number of aliphatic hydroxyl groups is 2. The Kier molecular flexibility index (Phi) is 16.1. The van der Waals surface area contributed by atoms with Crippen molar-refractivity contribution < 1.29 is 29.3 Å². The van der Waals surface area contributed by atoms with E-state index in [0.29, 0.717) is 12.8 Å². The standard InChI is InChI=1S/C22H42O6/c1-5-7-9-11-13-15-17(3)27-21(25)19(23)20(24)22(26)28-18(4)16-14-12-10-8-6-2/h17-20,23-24H,5-16H2,1-4H3/t17?,18?,19-,20-/m1/s1. The van der Waals surface area contributed by atoms with Crippen LogP contribution in [0.4, 0.5) is 0 Å². The van der Waals surface area contributed by atoms with E-state index >= 15 is 0 Å². The van der Waals surface area contributed by atoms with Gasteiger partial charge in [0, 0.05) is 0 Å². The molecule has 0 aromatic rings. The molecule has 0 bridgehead atoms. The van der Waals surface area contributed by atoms with Crippen LogP contribution in [0.25, 0.3) is 0 Å². The van der Waals surface area contributed by atoms with Gasteiger partial charge in [-0.3, -0.25) is 0 Å². The minimum absolute atomic E-state index is 0.367. The molecule has 28 heavy (non-hydrogen) atoms. The van der Waals surface area contributed by atoms with Crippen molar-refractivity contribution in [3.8, 4) is 0 Å². The highest BCUT2D eigenvalue weighted by atomic mass is 16.6. The fourth-order valence-electron chi connectivity index (χ4n) is 2.98. The molecule has 0 heterocycles. The summed E-state index contributed by atoms with van der Waals surface area (Å²) < 4.78 is 10.3. The van der Waals surface area contributed by atoms with E-state index in [-0.39, 0.29) is 12.2 Å². The number of unbranched alkanes of at least 4 members (excludes halogenated alkanes) is 8. The van der Waals surface area contributed by atoms with Gasteiger partial charge >= 0.3 is 11.9 Å². The summed E-state index contributed by atoms with van der Waals surface area (Å²) in [6.07, 6.45) is 7.85. The second-order valence-electron chi connectivity index (χ2n) is 7.79. The second kappa shape index (κ2) is 16.8. The first-order chi connectivity index (χ1) is 13.3. The van der Waals surface area contributed by atoms with Gasteiger partial charge in [-0.1, -0.05) is 65.2 Å². The average Bonchev–Trinajstić information content (AvgIpc) is 2.66. The molecule has 2 N–H and O–H groups in total. The van der Waals surface area contributed by atoms with Crippen molar-refractivity contribution >= 4 is 11.9 Å². The highest BCUT2D eigenvalue weighted by Crippen LogP contribution is 2.13. The van der Waals surface area contributed by atoms with Crippen molar-refractivity contribution in [2.45, 2.75) is 129 Å². The normalized spacial score (nSPS) is 15.5. The van der Waals surface area contributed by atoms with Crippen LogP contribution in [-0.2, 0) is 19.1 Å². The lowest BCUT2D eigenvalue weighted by atomic mass is 10.1. The van der Waals surface area contributed by atoms with Gasteiger partial charge < -0.3 is 19.7 Å². The Balaban J connectivity index is 4.12. The van der Waals surface area contributed by atoms with Crippen molar-refractivity contribution in [2.24, 2.45) is 0 Å². The maximum atomic E-state index is 12.0. The van der Waals surface area contributed by atoms with Crippen LogP contribution >= 0.6 is 0 Å². The Morgan fingerprint density at radius 3 is 1.29 bits per heavy atom. The van der Waals surface area contributed by atoms with Crippen LogP contribution in [0.5, 0.6) is 0 Å². The third-order valence-electron chi connectivity index (χ3n) is 4.85. The predicted octanol–water partition coefficient (Wildman–Crippen LogP) is 4.29. The smallest absolute Gasteiger partial charge is 0.338 e. The number of hydrogen-bond donors (Lipinski definition) is 2. The zero-order valence-corrected chi connectivity index (χ0v) is 18.3. The van der Waals surface area contributed by atoms with Gasteiger partial charge in [-0.25, -0.2) is 9.59 Å². The first-order valence-corrected chi connectivity index (χ1v) is 11.1. The zero-order chi connectivity index (χ0) is 21.4. The van der Waals surface area contributed by atoms with Crippen LogP contribution in [0.1, 0.15) is 105 Å². The van der Waals surface area contributed by atoms with Gasteiger partial charge in [0.05, 0.1) is 12.2 Å². The number of esters is 2. The quantitative estimate of drug-likeness (QED) is 0.278. The summed E-state index contributed by atoms with van der Waals surface area (Å²) >= 11 is 0. The molecule has 0 aliphatic carbocycles. The molecule has 4 atom stereocenters. The second-order valence-corrected chi connectivity index (χ2v) is 7.79. The summed E-state index contributed by atoms with van der Waals surface area (Å²) in [4.78, 5) is 23.9. The zero-order valence-electron chi connectivity index (χ0n) is 18.3. The molecule has 0 saturated carbocycles. The van der Waals surface area contributed by atoms with E-state index in [1.807, 2.05) is 0 Å². The Bertz CT molecular complexity index is 374. The predicted molar refractivity (Wildman–Crippen MR) is 110 cm³/mol. The number of rotatable bonds is 17. The summed E-state index contributed by atoms with van der Waals surface area (Å²) in [5, 5.41) is 19.8. The Hall–Kier alpha value is -1.14. The first kappa shape index (κ1) is 26.9. The van der Waals surface area contributed by atoms with Crippen molar-refractivity contribution in [3.63, 3.8) is 0 Å². The summed E-state index contributed by atoms with van der Waals surface area (Å²) in [6, 6.07) is 0. The lowest BCUT2D eigenvalue weighted by Crippen LogP contribution is -2.43. The van der Waals surface area contributed by atoms with Crippen LogP contribution < -0.4 is 0 Å². The monoisotopic (exact) mass is 402 g/mol. The van der Waals surface area contributed by atoms with Crippen LogP contribution in [-0.4, -0.2) is 46.6 Å². The summed E-state index contributed by atoms with van der Waals surface area (Å²) in [7, 11) is 0. The van der Waals surface area contributed by atoms with Gasteiger partial charge in [-0.05, 0) is 39.5 Å². The summed E-state index contributed by atoms with van der Waals surface area (Å²) in [5.41, 5.74) is 0. The highest BCUT2D eigenvalue weighted by Gasteiger charge is 2.34. The molecule has 0 rings (SSSR count). The Morgan fingerprint density at radius 2 is 0.964 bits per heavy atom. The molecule has 166 valence electrons. The van der Waals surface area contributed by atoms with Gasteiger partial charge in [0.2, 0.25) is 0 Å². The maximum Gasteiger partial charge on any atom is 0.338 e. The number of hydrogen-bond acceptors (Lipinski definition) is 6. The Morgan fingerprint density at radius 1 is 0.643 bits per heavy atom. The third-order valence-corrected chi connectivity index (χ3v) is 4.85. The van der Waals surface area contributed by atoms with Crippen molar-refractivity contribution in [2.75, 3.05) is 0 Å². The maximum absolute atomic E-state index is 12.0. The molecule has 0 saturated heterocycles. The van der Waals surface area contributed by atoms with Gasteiger partial charge in [-0.2, -0.15) is 0 Å². The summed E-state index contributed by atoms with van der Waals surface area (Å²) in [6.45, 7) is 7.79. The van der Waals surface area contributed by atoms with Crippen LogP contribution in [0.2, 0.25) is 0 Å². The molecular weight excluding hydrogens is 360 g/mol. The lowest BCUT2D eigenvalue weighted by molar-refractivity contribution is -0.178. The van der Waals surface area contributed by atoms with Crippen molar-refractivity contribution in [1.29, 1.82) is 0 Å². The van der Waals surface area contributed by atoms with Gasteiger partial charge in [0.1, 0.15) is 0 Å². The van der Waals surface area contributed by atoms with E-state index < -0.39 is 24.1 Å². The molecule has 0 aliphatic rings. The average molecular weight is 403 g/mol. The Labute approximate surface area is 171 Å². The molecule has 0 fully saturated rings. The number of ether oxygens (including phenoxy) is 2. The van der Waals surface area contributed by atoms with Crippen LogP contribution in [0.15, 0.2) is 0 Å². The fourth-order valence-corrected chi connectivity index (χ4v) is 2.98. The van der Waals surface area contributed by atoms with E-state index in [4.69, 9.17) is 9.47 Å². The minimum Gasteiger partial charge on any atom is -0.461 e. The largest absolute Gasteiger partial charge is 0.461 e. The molecule has 0 radical (unpaired) electrons. The molecule has 0 aromatic carbocycles. The van der Waals surface area contributed by atoms with Crippen LogP contribution in [0, 0.1) is 0 Å². The molecule has 0 spiro atoms. The minimum atomic E-state index is -1.92. The molecular formula is C22H42O6. The SMILES string of the molecule is CCCCCCCC(C)OC(=O)[C@H](O)[C@@H](O)C(=O)OC(C)CCCCCCC. The summed E-state index contributed by atoms with van der Waals surface area (Å²) in [5.74, 6) is -1.98. The van der Waals surface area contributed by atoms with E-state index in [9.17, 15) is 19.8 Å². The van der Waals surface area contributed by atoms with E-state index in [1.165, 1.54) is 25.7 Å². The third kappa shape index (κ3) is 13.1. The molecule has 0 aliphatic heterocycles. The number of carbonyl (C=O) groups is 2. The van der Waals surface area contributed by atoms with E-state index in [2.05, 4.69) is 13.8 Å². The molecule has 2 unspecified atom stereocenters. The van der Waals surface area contributed by atoms with Crippen molar-refractivity contribution in [3.05, 3.63) is 0 Å². The highest BCUT2D eigenvalue weighted by molar-refractivity contribution is 5.85. The lowest BCUT2D eigenvalue weighted by Gasteiger charge is -2.20.